The van der Waals surface area contributed by atoms with E-state index in [4.69, 9.17) is 0 Å². The highest BCUT2D eigenvalue weighted by molar-refractivity contribution is 8.00. The Labute approximate surface area is 118 Å². The van der Waals surface area contributed by atoms with Crippen LogP contribution in [0.25, 0.3) is 0 Å². The lowest BCUT2D eigenvalue weighted by Crippen LogP contribution is -2.32. The van der Waals surface area contributed by atoms with Gasteiger partial charge in [-0.1, -0.05) is 6.07 Å². The van der Waals surface area contributed by atoms with Crippen molar-refractivity contribution < 1.29 is 4.79 Å². The molecular weight excluding hydrogens is 258 g/mol. The minimum absolute atomic E-state index is 0.146. The summed E-state index contributed by atoms with van der Waals surface area (Å²) in [6.45, 7) is 2.86. The number of carbonyl (C=O) groups excluding carboxylic acids is 1. The fraction of sp³-hybridized carbons (Fsp3) is 0.571. The van der Waals surface area contributed by atoms with Gasteiger partial charge in [0.2, 0.25) is 5.91 Å². The first-order chi connectivity index (χ1) is 9.34. The first-order valence-electron chi connectivity index (χ1n) is 6.82. The summed E-state index contributed by atoms with van der Waals surface area (Å²) in [6.07, 6.45) is 6.80. The van der Waals surface area contributed by atoms with Gasteiger partial charge in [0, 0.05) is 24.2 Å². The highest BCUT2D eigenvalue weighted by atomic mass is 32.2. The Kier molecular flexibility index (Phi) is 6.17. The fourth-order valence-corrected chi connectivity index (χ4v) is 3.16. The Bertz CT molecular complexity index is 380. The molecule has 1 aliphatic heterocycles. The maximum Gasteiger partial charge on any atom is 0.230 e. The van der Waals surface area contributed by atoms with Crippen LogP contribution in [-0.2, 0) is 11.2 Å². The van der Waals surface area contributed by atoms with Gasteiger partial charge in [-0.2, -0.15) is 0 Å². The molecule has 1 fully saturated rings. The van der Waals surface area contributed by atoms with Crippen LogP contribution in [0.2, 0.25) is 0 Å². The van der Waals surface area contributed by atoms with E-state index in [0.29, 0.717) is 17.5 Å². The molecule has 2 heterocycles. The number of pyridine rings is 1. The minimum atomic E-state index is 0.146. The molecule has 0 aromatic carbocycles. The van der Waals surface area contributed by atoms with Crippen LogP contribution in [0.15, 0.2) is 24.5 Å². The zero-order chi connectivity index (χ0) is 13.3. The second kappa shape index (κ2) is 8.17. The third kappa shape index (κ3) is 5.61. The molecule has 1 amide bonds. The van der Waals surface area contributed by atoms with Crippen LogP contribution in [0.5, 0.6) is 0 Å². The normalized spacial score (nSPS) is 16.2. The Balaban J connectivity index is 1.57. The molecule has 1 saturated heterocycles. The standard InChI is InChI=1S/C14H21N3OS/c18-14(11-19-13-4-7-15-8-5-13)17-9-3-12-2-1-6-16-10-12/h1-2,6,10,13,15H,3-5,7-9,11H2,(H,17,18). The summed E-state index contributed by atoms with van der Waals surface area (Å²) in [7, 11) is 0. The van der Waals surface area contributed by atoms with E-state index in [0.717, 1.165) is 25.1 Å². The van der Waals surface area contributed by atoms with Crippen LogP contribution in [0.4, 0.5) is 0 Å². The quantitative estimate of drug-likeness (QED) is 0.822. The van der Waals surface area contributed by atoms with E-state index >= 15 is 0 Å². The fourth-order valence-electron chi connectivity index (χ4n) is 2.10. The number of hydrogen-bond donors (Lipinski definition) is 2. The maximum absolute atomic E-state index is 11.7. The molecule has 0 unspecified atom stereocenters. The van der Waals surface area contributed by atoms with Gasteiger partial charge in [0.05, 0.1) is 5.75 Å². The van der Waals surface area contributed by atoms with Crippen molar-refractivity contribution in [2.24, 2.45) is 0 Å². The second-order valence-corrected chi connectivity index (χ2v) is 6.01. The number of nitrogens with zero attached hydrogens (tertiary/aromatic N) is 1. The number of hydrogen-bond acceptors (Lipinski definition) is 4. The molecule has 0 bridgehead atoms. The number of amides is 1. The molecule has 1 aliphatic rings. The van der Waals surface area contributed by atoms with Crippen molar-refractivity contribution in [3.63, 3.8) is 0 Å². The molecule has 0 radical (unpaired) electrons. The van der Waals surface area contributed by atoms with Crippen LogP contribution in [-0.4, -0.2) is 41.5 Å². The zero-order valence-corrected chi connectivity index (χ0v) is 11.9. The number of thioether (sulfide) groups is 1. The van der Waals surface area contributed by atoms with Gasteiger partial charge in [-0.3, -0.25) is 9.78 Å². The summed E-state index contributed by atoms with van der Waals surface area (Å²) in [5.74, 6) is 0.727. The first-order valence-corrected chi connectivity index (χ1v) is 7.87. The van der Waals surface area contributed by atoms with E-state index in [1.807, 2.05) is 18.3 Å². The molecule has 2 rings (SSSR count). The van der Waals surface area contributed by atoms with Crippen molar-refractivity contribution >= 4 is 17.7 Å². The third-order valence-electron chi connectivity index (χ3n) is 3.19. The minimum Gasteiger partial charge on any atom is -0.355 e. The molecule has 5 heteroatoms. The van der Waals surface area contributed by atoms with Gasteiger partial charge in [0.15, 0.2) is 0 Å². The Morgan fingerprint density at radius 2 is 2.32 bits per heavy atom. The van der Waals surface area contributed by atoms with Crippen LogP contribution >= 0.6 is 11.8 Å². The average molecular weight is 279 g/mol. The monoisotopic (exact) mass is 279 g/mol. The van der Waals surface area contributed by atoms with E-state index in [2.05, 4.69) is 15.6 Å². The summed E-state index contributed by atoms with van der Waals surface area (Å²) in [5.41, 5.74) is 1.16. The van der Waals surface area contributed by atoms with Gasteiger partial charge in [0.1, 0.15) is 0 Å². The molecule has 0 spiro atoms. The molecule has 1 aromatic rings. The third-order valence-corrected chi connectivity index (χ3v) is 4.57. The Hall–Kier alpha value is -1.07. The maximum atomic E-state index is 11.7. The van der Waals surface area contributed by atoms with E-state index in [1.54, 1.807) is 18.0 Å². The lowest BCUT2D eigenvalue weighted by atomic mass is 10.2. The number of aromatic nitrogens is 1. The lowest BCUT2D eigenvalue weighted by molar-refractivity contribution is -0.118. The van der Waals surface area contributed by atoms with Gasteiger partial charge in [-0.15, -0.1) is 11.8 Å². The van der Waals surface area contributed by atoms with E-state index in [-0.39, 0.29) is 5.91 Å². The topological polar surface area (TPSA) is 54.0 Å². The molecule has 0 aliphatic carbocycles. The molecule has 19 heavy (non-hydrogen) atoms. The molecule has 0 saturated carbocycles. The molecule has 1 aromatic heterocycles. The van der Waals surface area contributed by atoms with Crippen LogP contribution < -0.4 is 10.6 Å². The second-order valence-electron chi connectivity index (χ2n) is 4.72. The van der Waals surface area contributed by atoms with Crippen molar-refractivity contribution in [2.75, 3.05) is 25.4 Å². The predicted molar refractivity (Wildman–Crippen MR) is 79.3 cm³/mol. The highest BCUT2D eigenvalue weighted by Crippen LogP contribution is 2.19. The van der Waals surface area contributed by atoms with Crippen molar-refractivity contribution in [1.29, 1.82) is 0 Å². The van der Waals surface area contributed by atoms with E-state index < -0.39 is 0 Å². The SMILES string of the molecule is O=C(CSC1CCNCC1)NCCc1cccnc1. The summed E-state index contributed by atoms with van der Waals surface area (Å²) in [4.78, 5) is 15.8. The Morgan fingerprint density at radius 1 is 1.47 bits per heavy atom. The van der Waals surface area contributed by atoms with Gasteiger partial charge < -0.3 is 10.6 Å². The largest absolute Gasteiger partial charge is 0.355 e. The molecular formula is C14H21N3OS. The molecule has 0 atom stereocenters. The molecule has 4 nitrogen and oxygen atoms in total. The summed E-state index contributed by atoms with van der Waals surface area (Å²) >= 11 is 1.79. The van der Waals surface area contributed by atoms with Gasteiger partial charge in [-0.25, -0.2) is 0 Å². The van der Waals surface area contributed by atoms with Gasteiger partial charge in [0.25, 0.3) is 0 Å². The van der Waals surface area contributed by atoms with Gasteiger partial charge >= 0.3 is 0 Å². The number of carbonyl (C=O) groups is 1. The molecule has 104 valence electrons. The average Bonchev–Trinajstić information content (AvgIpc) is 2.47. The van der Waals surface area contributed by atoms with Gasteiger partial charge in [-0.05, 0) is 44.0 Å². The molecule has 2 N–H and O–H groups in total. The lowest BCUT2D eigenvalue weighted by Gasteiger charge is -2.21. The summed E-state index contributed by atoms with van der Waals surface area (Å²) in [5, 5.41) is 6.95. The number of nitrogens with one attached hydrogen (secondary N) is 2. The summed E-state index contributed by atoms with van der Waals surface area (Å²) in [6, 6.07) is 3.95. The van der Waals surface area contributed by atoms with E-state index in [1.165, 1.54) is 12.8 Å². The van der Waals surface area contributed by atoms with Crippen molar-refractivity contribution in [3.8, 4) is 0 Å². The van der Waals surface area contributed by atoms with E-state index in [9.17, 15) is 4.79 Å². The Morgan fingerprint density at radius 3 is 3.05 bits per heavy atom. The smallest absolute Gasteiger partial charge is 0.230 e. The zero-order valence-electron chi connectivity index (χ0n) is 11.1. The van der Waals surface area contributed by atoms with Crippen LogP contribution in [0.1, 0.15) is 18.4 Å². The van der Waals surface area contributed by atoms with Crippen molar-refractivity contribution in [1.82, 2.24) is 15.6 Å². The highest BCUT2D eigenvalue weighted by Gasteiger charge is 2.14. The van der Waals surface area contributed by atoms with Crippen molar-refractivity contribution in [2.45, 2.75) is 24.5 Å². The van der Waals surface area contributed by atoms with Crippen LogP contribution in [0.3, 0.4) is 0 Å². The number of piperidine rings is 1. The van der Waals surface area contributed by atoms with Crippen molar-refractivity contribution in [3.05, 3.63) is 30.1 Å². The first kappa shape index (κ1) is 14.3. The number of rotatable bonds is 6. The predicted octanol–water partition coefficient (Wildman–Crippen LogP) is 1.23. The van der Waals surface area contributed by atoms with Crippen LogP contribution in [0, 0.1) is 0 Å². The summed E-state index contributed by atoms with van der Waals surface area (Å²) < 4.78 is 0.